The number of nitrogens with one attached hydrogen (secondary N) is 1. The minimum Gasteiger partial charge on any atom is -0.436 e. The lowest BCUT2D eigenvalue weighted by molar-refractivity contribution is -0.119. The van der Waals surface area contributed by atoms with Crippen LogP contribution in [0.15, 0.2) is 65.2 Å². The lowest BCUT2D eigenvalue weighted by atomic mass is 10.1. The second-order valence-electron chi connectivity index (χ2n) is 5.54. The molecule has 2 amide bonds. The SMILES string of the molecule is CC(NC(=O)c1ccccc1-c1ncc(-c2ccccc2)o1)C(N)=O. The number of aromatic nitrogens is 1. The van der Waals surface area contributed by atoms with E-state index in [2.05, 4.69) is 10.3 Å². The number of nitrogens with zero attached hydrogens (tertiary/aromatic N) is 1. The molecule has 25 heavy (non-hydrogen) atoms. The molecule has 126 valence electrons. The van der Waals surface area contributed by atoms with Crippen molar-refractivity contribution in [1.82, 2.24) is 10.3 Å². The Balaban J connectivity index is 1.93. The highest BCUT2D eigenvalue weighted by Gasteiger charge is 2.19. The third-order valence-corrected chi connectivity index (χ3v) is 3.74. The largest absolute Gasteiger partial charge is 0.436 e. The molecule has 2 aromatic carbocycles. The maximum absolute atomic E-state index is 12.4. The van der Waals surface area contributed by atoms with Gasteiger partial charge >= 0.3 is 0 Å². The number of benzene rings is 2. The molecule has 6 heteroatoms. The van der Waals surface area contributed by atoms with Crippen LogP contribution < -0.4 is 11.1 Å². The number of hydrogen-bond acceptors (Lipinski definition) is 4. The van der Waals surface area contributed by atoms with E-state index in [4.69, 9.17) is 10.2 Å². The third kappa shape index (κ3) is 3.58. The lowest BCUT2D eigenvalue weighted by Gasteiger charge is -2.11. The molecule has 0 aliphatic heterocycles. The van der Waals surface area contributed by atoms with Gasteiger partial charge in [0.15, 0.2) is 5.76 Å². The summed E-state index contributed by atoms with van der Waals surface area (Å²) in [4.78, 5) is 27.9. The molecule has 0 saturated carbocycles. The van der Waals surface area contributed by atoms with Gasteiger partial charge in [0.1, 0.15) is 6.04 Å². The predicted octanol–water partition coefficient (Wildman–Crippen LogP) is 2.61. The van der Waals surface area contributed by atoms with E-state index >= 15 is 0 Å². The standard InChI is InChI=1S/C19H17N3O3/c1-12(17(20)23)22-18(24)14-9-5-6-10-15(14)19-21-11-16(25-19)13-7-3-2-4-8-13/h2-12H,1H3,(H2,20,23)(H,22,24). The highest BCUT2D eigenvalue weighted by molar-refractivity contribution is 6.01. The number of rotatable bonds is 5. The van der Waals surface area contributed by atoms with E-state index < -0.39 is 17.9 Å². The van der Waals surface area contributed by atoms with Gasteiger partial charge in [0.05, 0.1) is 11.8 Å². The second-order valence-corrected chi connectivity index (χ2v) is 5.54. The molecular weight excluding hydrogens is 318 g/mol. The molecule has 1 unspecified atom stereocenters. The molecule has 0 fully saturated rings. The van der Waals surface area contributed by atoms with Gasteiger partial charge in [-0.25, -0.2) is 4.98 Å². The van der Waals surface area contributed by atoms with Crippen LogP contribution in [0.1, 0.15) is 17.3 Å². The Hall–Kier alpha value is -3.41. The molecule has 0 bridgehead atoms. The minimum absolute atomic E-state index is 0.330. The lowest BCUT2D eigenvalue weighted by Crippen LogP contribution is -2.42. The number of carbonyl (C=O) groups excluding carboxylic acids is 2. The molecule has 0 saturated heterocycles. The molecule has 1 atom stereocenters. The highest BCUT2D eigenvalue weighted by Crippen LogP contribution is 2.28. The monoisotopic (exact) mass is 335 g/mol. The van der Waals surface area contributed by atoms with Crippen molar-refractivity contribution in [2.75, 3.05) is 0 Å². The summed E-state index contributed by atoms with van der Waals surface area (Å²) in [5, 5.41) is 2.56. The topological polar surface area (TPSA) is 98.2 Å². The van der Waals surface area contributed by atoms with Crippen LogP contribution >= 0.6 is 0 Å². The van der Waals surface area contributed by atoms with Crippen LogP contribution in [0.25, 0.3) is 22.8 Å². The van der Waals surface area contributed by atoms with Crippen LogP contribution in [0.5, 0.6) is 0 Å². The van der Waals surface area contributed by atoms with Crippen LogP contribution in [0.2, 0.25) is 0 Å². The third-order valence-electron chi connectivity index (χ3n) is 3.74. The van der Waals surface area contributed by atoms with E-state index in [0.29, 0.717) is 22.8 Å². The van der Waals surface area contributed by atoms with Gasteiger partial charge < -0.3 is 15.5 Å². The van der Waals surface area contributed by atoms with Crippen molar-refractivity contribution >= 4 is 11.8 Å². The van der Waals surface area contributed by atoms with Crippen molar-refractivity contribution < 1.29 is 14.0 Å². The summed E-state index contributed by atoms with van der Waals surface area (Å²) in [7, 11) is 0. The Bertz CT molecular complexity index is 903. The van der Waals surface area contributed by atoms with Crippen LogP contribution in [-0.4, -0.2) is 22.8 Å². The summed E-state index contributed by atoms with van der Waals surface area (Å²) in [6.07, 6.45) is 1.62. The van der Waals surface area contributed by atoms with Crippen LogP contribution in [0.4, 0.5) is 0 Å². The number of oxazole rings is 1. The molecular formula is C19H17N3O3. The van der Waals surface area contributed by atoms with Gasteiger partial charge in [0.2, 0.25) is 11.8 Å². The quantitative estimate of drug-likeness (QED) is 0.749. The zero-order valence-corrected chi connectivity index (χ0v) is 13.6. The summed E-state index contributed by atoms with van der Waals surface area (Å²) in [6.45, 7) is 1.53. The Morgan fingerprint density at radius 2 is 1.76 bits per heavy atom. The van der Waals surface area contributed by atoms with Crippen molar-refractivity contribution in [2.45, 2.75) is 13.0 Å². The van der Waals surface area contributed by atoms with Crippen LogP contribution in [0.3, 0.4) is 0 Å². The fourth-order valence-electron chi connectivity index (χ4n) is 2.35. The number of primary amides is 1. The van der Waals surface area contributed by atoms with Gasteiger partial charge in [0, 0.05) is 11.1 Å². The number of carbonyl (C=O) groups is 2. The van der Waals surface area contributed by atoms with Crippen LogP contribution in [-0.2, 0) is 4.79 Å². The smallest absolute Gasteiger partial charge is 0.252 e. The molecule has 3 aromatic rings. The first-order valence-corrected chi connectivity index (χ1v) is 7.77. The van der Waals surface area contributed by atoms with Crippen molar-refractivity contribution in [3.05, 3.63) is 66.4 Å². The summed E-state index contributed by atoms with van der Waals surface area (Å²) in [5.41, 5.74) is 6.99. The first-order valence-electron chi connectivity index (χ1n) is 7.77. The van der Waals surface area contributed by atoms with Crippen molar-refractivity contribution in [2.24, 2.45) is 5.73 Å². The Kier molecular flexibility index (Phi) is 4.61. The van der Waals surface area contributed by atoms with Crippen molar-refractivity contribution in [1.29, 1.82) is 0 Å². The minimum atomic E-state index is -0.773. The molecule has 0 aliphatic rings. The van der Waals surface area contributed by atoms with Gasteiger partial charge in [-0.2, -0.15) is 0 Å². The highest BCUT2D eigenvalue weighted by atomic mass is 16.4. The number of hydrogen-bond donors (Lipinski definition) is 2. The Morgan fingerprint density at radius 3 is 2.48 bits per heavy atom. The molecule has 3 rings (SSSR count). The molecule has 0 aliphatic carbocycles. The fraction of sp³-hybridized carbons (Fsp3) is 0.105. The van der Waals surface area contributed by atoms with Crippen molar-refractivity contribution in [3.63, 3.8) is 0 Å². The van der Waals surface area contributed by atoms with Gasteiger partial charge in [-0.1, -0.05) is 42.5 Å². The summed E-state index contributed by atoms with van der Waals surface area (Å²) < 4.78 is 5.82. The maximum atomic E-state index is 12.4. The zero-order chi connectivity index (χ0) is 17.8. The van der Waals surface area contributed by atoms with E-state index in [1.54, 1.807) is 30.5 Å². The molecule has 0 radical (unpaired) electrons. The van der Waals surface area contributed by atoms with Gasteiger partial charge in [-0.05, 0) is 19.1 Å². The molecule has 3 N–H and O–H groups in total. The van der Waals surface area contributed by atoms with E-state index in [0.717, 1.165) is 5.56 Å². The van der Waals surface area contributed by atoms with Gasteiger partial charge in [-0.3, -0.25) is 9.59 Å². The van der Waals surface area contributed by atoms with E-state index in [-0.39, 0.29) is 0 Å². The summed E-state index contributed by atoms with van der Waals surface area (Å²) in [5.74, 6) is -0.0812. The summed E-state index contributed by atoms with van der Waals surface area (Å²) >= 11 is 0. The number of amides is 2. The van der Waals surface area contributed by atoms with E-state index in [1.807, 2.05) is 30.3 Å². The molecule has 6 nitrogen and oxygen atoms in total. The fourth-order valence-corrected chi connectivity index (χ4v) is 2.35. The van der Waals surface area contributed by atoms with Crippen molar-refractivity contribution in [3.8, 4) is 22.8 Å². The number of nitrogens with two attached hydrogens (primary N) is 1. The van der Waals surface area contributed by atoms with E-state index in [9.17, 15) is 9.59 Å². The zero-order valence-electron chi connectivity index (χ0n) is 13.6. The first kappa shape index (κ1) is 16.4. The van der Waals surface area contributed by atoms with Gasteiger partial charge in [0.25, 0.3) is 5.91 Å². The van der Waals surface area contributed by atoms with E-state index in [1.165, 1.54) is 6.92 Å². The second kappa shape index (κ2) is 7.00. The van der Waals surface area contributed by atoms with Gasteiger partial charge in [-0.15, -0.1) is 0 Å². The Labute approximate surface area is 144 Å². The molecule has 0 spiro atoms. The normalized spacial score (nSPS) is 11.7. The average molecular weight is 335 g/mol. The van der Waals surface area contributed by atoms with Crippen LogP contribution in [0, 0.1) is 0 Å². The Morgan fingerprint density at radius 1 is 1.08 bits per heavy atom. The summed E-state index contributed by atoms with van der Waals surface area (Å²) in [6, 6.07) is 15.7. The maximum Gasteiger partial charge on any atom is 0.252 e. The average Bonchev–Trinajstić information content (AvgIpc) is 3.12. The molecule has 1 heterocycles. The molecule has 1 aromatic heterocycles. The predicted molar refractivity (Wildman–Crippen MR) is 93.5 cm³/mol. The first-order chi connectivity index (χ1) is 12.1.